The van der Waals surface area contributed by atoms with Crippen molar-refractivity contribution >= 4 is 5.91 Å². The number of rotatable bonds is 4. The minimum atomic E-state index is -0.276. The van der Waals surface area contributed by atoms with Crippen molar-refractivity contribution in [2.24, 2.45) is 0 Å². The monoisotopic (exact) mass is 341 g/mol. The summed E-state index contributed by atoms with van der Waals surface area (Å²) < 4.78 is 6.60. The van der Waals surface area contributed by atoms with E-state index in [0.29, 0.717) is 11.4 Å². The lowest BCUT2D eigenvalue weighted by molar-refractivity contribution is -0.132. The number of para-hydroxylation sites is 1. The molecule has 0 spiro atoms. The number of hydrogen-bond acceptors (Lipinski definition) is 4. The number of likely N-dealkylation sites (tertiary alicyclic amines) is 1. The fraction of sp³-hybridized carbons (Fsp3) is 0.421. The number of benzene rings is 1. The smallest absolute Gasteiger partial charge is 0.267 e. The third-order valence-electron chi connectivity index (χ3n) is 4.49. The largest absolute Gasteiger partial charge is 0.496 e. The topological polar surface area (TPSA) is 64.4 Å². The molecule has 0 radical (unpaired) electrons. The summed E-state index contributed by atoms with van der Waals surface area (Å²) in [6.45, 7) is 1.50. The number of carbonyl (C=O) groups is 1. The van der Waals surface area contributed by atoms with Gasteiger partial charge in [-0.2, -0.15) is 5.10 Å². The maximum Gasteiger partial charge on any atom is 0.267 e. The molecular formula is C19H23N3O3. The quantitative estimate of drug-likeness (QED) is 0.856. The summed E-state index contributed by atoms with van der Waals surface area (Å²) in [6.07, 6.45) is 4.36. The molecule has 0 saturated carbocycles. The molecule has 6 nitrogen and oxygen atoms in total. The Morgan fingerprint density at radius 1 is 1.08 bits per heavy atom. The van der Waals surface area contributed by atoms with Gasteiger partial charge in [0.2, 0.25) is 5.91 Å². The van der Waals surface area contributed by atoms with Gasteiger partial charge in [0.15, 0.2) is 0 Å². The second-order valence-electron chi connectivity index (χ2n) is 6.21. The molecule has 0 unspecified atom stereocenters. The van der Waals surface area contributed by atoms with Gasteiger partial charge in [0.1, 0.15) is 12.3 Å². The lowest BCUT2D eigenvalue weighted by atomic mass is 10.1. The first-order valence-corrected chi connectivity index (χ1v) is 8.68. The van der Waals surface area contributed by atoms with E-state index in [0.717, 1.165) is 44.3 Å². The lowest BCUT2D eigenvalue weighted by Crippen LogP contribution is -2.37. The Morgan fingerprint density at radius 2 is 1.80 bits per heavy atom. The summed E-state index contributed by atoms with van der Waals surface area (Å²) in [7, 11) is 1.59. The van der Waals surface area contributed by atoms with Crippen molar-refractivity contribution in [3.8, 4) is 17.0 Å². The van der Waals surface area contributed by atoms with E-state index < -0.39 is 0 Å². The number of nitrogens with zero attached hydrogens (tertiary/aromatic N) is 3. The molecule has 2 aromatic rings. The van der Waals surface area contributed by atoms with Crippen LogP contribution in [0.15, 0.2) is 41.2 Å². The van der Waals surface area contributed by atoms with Gasteiger partial charge in [-0.3, -0.25) is 9.59 Å². The fourth-order valence-electron chi connectivity index (χ4n) is 3.11. The molecule has 1 aliphatic rings. The molecule has 1 saturated heterocycles. The van der Waals surface area contributed by atoms with Gasteiger partial charge >= 0.3 is 0 Å². The molecule has 0 bridgehead atoms. The predicted molar refractivity (Wildman–Crippen MR) is 95.5 cm³/mol. The van der Waals surface area contributed by atoms with Crippen LogP contribution < -0.4 is 10.3 Å². The molecule has 1 aromatic carbocycles. The van der Waals surface area contributed by atoms with Crippen LogP contribution in [0.1, 0.15) is 25.7 Å². The Labute approximate surface area is 147 Å². The highest BCUT2D eigenvalue weighted by atomic mass is 16.5. The van der Waals surface area contributed by atoms with Crippen LogP contribution in [0.5, 0.6) is 5.75 Å². The average Bonchev–Trinajstić information content (AvgIpc) is 2.93. The van der Waals surface area contributed by atoms with Crippen molar-refractivity contribution < 1.29 is 9.53 Å². The zero-order chi connectivity index (χ0) is 17.6. The van der Waals surface area contributed by atoms with Crippen LogP contribution in [0.25, 0.3) is 11.3 Å². The van der Waals surface area contributed by atoms with Crippen molar-refractivity contribution in [3.63, 3.8) is 0 Å². The van der Waals surface area contributed by atoms with Gasteiger partial charge in [0, 0.05) is 24.7 Å². The van der Waals surface area contributed by atoms with E-state index in [2.05, 4.69) is 5.10 Å². The third kappa shape index (κ3) is 4.07. The van der Waals surface area contributed by atoms with E-state index in [1.807, 2.05) is 29.2 Å². The van der Waals surface area contributed by atoms with Crippen LogP contribution in [0, 0.1) is 0 Å². The van der Waals surface area contributed by atoms with Crippen LogP contribution >= 0.6 is 0 Å². The first-order chi connectivity index (χ1) is 12.2. The van der Waals surface area contributed by atoms with Crippen LogP contribution in [0.2, 0.25) is 0 Å². The zero-order valence-electron chi connectivity index (χ0n) is 14.5. The number of methoxy groups -OCH3 is 1. The van der Waals surface area contributed by atoms with Gasteiger partial charge in [-0.15, -0.1) is 0 Å². The standard InChI is InChI=1S/C19H23N3O3/c1-25-17-9-5-4-8-15(17)16-10-11-18(23)22(20-16)14-19(24)21-12-6-2-3-7-13-21/h4-5,8-11H,2-3,6-7,12-14H2,1H3. The fourth-order valence-corrected chi connectivity index (χ4v) is 3.11. The van der Waals surface area contributed by atoms with Gasteiger partial charge in [0.25, 0.3) is 5.56 Å². The third-order valence-corrected chi connectivity index (χ3v) is 4.49. The van der Waals surface area contributed by atoms with Crippen molar-refractivity contribution in [3.05, 3.63) is 46.8 Å². The first-order valence-electron chi connectivity index (χ1n) is 8.68. The van der Waals surface area contributed by atoms with Gasteiger partial charge in [0.05, 0.1) is 12.8 Å². The molecular weight excluding hydrogens is 318 g/mol. The zero-order valence-corrected chi connectivity index (χ0v) is 14.5. The summed E-state index contributed by atoms with van der Waals surface area (Å²) in [5.41, 5.74) is 1.13. The van der Waals surface area contributed by atoms with Gasteiger partial charge in [-0.25, -0.2) is 4.68 Å². The summed E-state index contributed by atoms with van der Waals surface area (Å²) in [5.74, 6) is 0.632. The molecule has 0 atom stereocenters. The van der Waals surface area contributed by atoms with E-state index in [-0.39, 0.29) is 18.0 Å². The number of carbonyl (C=O) groups excluding carboxylic acids is 1. The van der Waals surface area contributed by atoms with Crippen molar-refractivity contribution in [2.75, 3.05) is 20.2 Å². The predicted octanol–water partition coefficient (Wildman–Crippen LogP) is 2.32. The maximum atomic E-state index is 12.5. The van der Waals surface area contributed by atoms with Gasteiger partial charge in [-0.05, 0) is 31.0 Å². The van der Waals surface area contributed by atoms with Crippen molar-refractivity contribution in [1.82, 2.24) is 14.7 Å². The van der Waals surface area contributed by atoms with Crippen LogP contribution in [0.3, 0.4) is 0 Å². The van der Waals surface area contributed by atoms with E-state index in [1.165, 1.54) is 10.7 Å². The van der Waals surface area contributed by atoms with E-state index in [1.54, 1.807) is 13.2 Å². The molecule has 1 aromatic heterocycles. The lowest BCUT2D eigenvalue weighted by Gasteiger charge is -2.20. The van der Waals surface area contributed by atoms with E-state index in [9.17, 15) is 9.59 Å². The molecule has 1 aliphatic heterocycles. The van der Waals surface area contributed by atoms with Crippen LogP contribution in [0.4, 0.5) is 0 Å². The first kappa shape index (κ1) is 17.2. The second kappa shape index (κ2) is 7.96. The Hall–Kier alpha value is -2.63. The molecule has 25 heavy (non-hydrogen) atoms. The minimum Gasteiger partial charge on any atom is -0.496 e. The van der Waals surface area contributed by atoms with Crippen LogP contribution in [-0.2, 0) is 11.3 Å². The minimum absolute atomic E-state index is 0.0260. The summed E-state index contributed by atoms with van der Waals surface area (Å²) in [4.78, 5) is 26.5. The van der Waals surface area contributed by atoms with E-state index >= 15 is 0 Å². The van der Waals surface area contributed by atoms with Crippen molar-refractivity contribution in [1.29, 1.82) is 0 Å². The molecule has 1 fully saturated rings. The summed E-state index contributed by atoms with van der Waals surface area (Å²) in [5, 5.41) is 4.39. The number of amides is 1. The highest BCUT2D eigenvalue weighted by molar-refractivity contribution is 5.76. The SMILES string of the molecule is COc1ccccc1-c1ccc(=O)n(CC(=O)N2CCCCCC2)n1. The Morgan fingerprint density at radius 3 is 2.52 bits per heavy atom. The molecule has 3 rings (SSSR count). The van der Waals surface area contributed by atoms with Gasteiger partial charge < -0.3 is 9.64 Å². The highest BCUT2D eigenvalue weighted by Crippen LogP contribution is 2.27. The normalized spacial score (nSPS) is 14.8. The Balaban J connectivity index is 1.84. The molecule has 0 aliphatic carbocycles. The number of ether oxygens (including phenoxy) is 1. The van der Waals surface area contributed by atoms with Gasteiger partial charge in [-0.1, -0.05) is 25.0 Å². The molecule has 6 heteroatoms. The van der Waals surface area contributed by atoms with Crippen molar-refractivity contribution in [2.45, 2.75) is 32.2 Å². The summed E-state index contributed by atoms with van der Waals surface area (Å²) in [6, 6.07) is 10.6. The highest BCUT2D eigenvalue weighted by Gasteiger charge is 2.17. The number of hydrogen-bond donors (Lipinski definition) is 0. The average molecular weight is 341 g/mol. The molecule has 2 heterocycles. The Kier molecular flexibility index (Phi) is 5.48. The Bertz CT molecular complexity index is 792. The number of aromatic nitrogens is 2. The molecule has 132 valence electrons. The summed E-state index contributed by atoms with van der Waals surface area (Å²) >= 11 is 0. The van der Waals surface area contributed by atoms with Crippen LogP contribution in [-0.4, -0.2) is 40.8 Å². The van der Waals surface area contributed by atoms with E-state index in [4.69, 9.17) is 4.74 Å². The maximum absolute atomic E-state index is 12.5. The second-order valence-corrected chi connectivity index (χ2v) is 6.21. The molecule has 0 N–H and O–H groups in total. The molecule has 1 amide bonds.